The second-order valence-electron chi connectivity index (χ2n) is 6.45. The van der Waals surface area contributed by atoms with Crippen LogP contribution in [0.1, 0.15) is 11.1 Å². The summed E-state index contributed by atoms with van der Waals surface area (Å²) < 4.78 is 8.45. The molecule has 1 amide bonds. The van der Waals surface area contributed by atoms with Gasteiger partial charge in [0.2, 0.25) is 0 Å². The van der Waals surface area contributed by atoms with Gasteiger partial charge < -0.3 is 10.1 Å². The number of nitriles is 1. The second-order valence-corrected chi connectivity index (χ2v) is 10.2. The van der Waals surface area contributed by atoms with Crippen LogP contribution in [-0.4, -0.2) is 5.91 Å². The van der Waals surface area contributed by atoms with Gasteiger partial charge in [-0.3, -0.25) is 4.79 Å². The summed E-state index contributed by atoms with van der Waals surface area (Å²) in [5.74, 6) is 0.0253. The highest BCUT2D eigenvalue weighted by Crippen LogP contribution is 2.36. The molecule has 0 unspecified atom stereocenters. The molecule has 9 heteroatoms. The van der Waals surface area contributed by atoms with Gasteiger partial charge in [0, 0.05) is 3.57 Å². The number of rotatable bonds is 6. The average molecular weight is 707 g/mol. The van der Waals surface area contributed by atoms with E-state index in [1.165, 1.54) is 6.08 Å². The minimum absolute atomic E-state index is 0.0904. The zero-order valence-corrected chi connectivity index (χ0v) is 23.0. The van der Waals surface area contributed by atoms with Crippen LogP contribution in [0.25, 0.3) is 6.08 Å². The van der Waals surface area contributed by atoms with Gasteiger partial charge in [-0.2, -0.15) is 5.26 Å². The van der Waals surface area contributed by atoms with Crippen LogP contribution in [0.4, 0.5) is 5.69 Å². The van der Waals surface area contributed by atoms with Gasteiger partial charge in [-0.15, -0.1) is 0 Å². The minimum atomic E-state index is -0.594. The topological polar surface area (TPSA) is 62.1 Å². The van der Waals surface area contributed by atoms with Crippen molar-refractivity contribution in [2.75, 3.05) is 5.32 Å². The first-order valence-corrected chi connectivity index (χ1v) is 12.4. The Morgan fingerprint density at radius 3 is 2.41 bits per heavy atom. The molecule has 3 aromatic rings. The molecule has 0 saturated carbocycles. The number of anilines is 1. The number of ether oxygens (including phenoxy) is 1. The highest BCUT2D eigenvalue weighted by Gasteiger charge is 2.14. The fourth-order valence-corrected chi connectivity index (χ4v) is 4.80. The first-order chi connectivity index (χ1) is 15.3. The Labute approximate surface area is 226 Å². The van der Waals surface area contributed by atoms with Crippen LogP contribution in [-0.2, 0) is 11.4 Å². The molecular formula is C23H13Br2Cl2IN2O2. The van der Waals surface area contributed by atoms with Crippen LogP contribution in [0.5, 0.6) is 5.75 Å². The maximum Gasteiger partial charge on any atom is 0.266 e. The molecular weight excluding hydrogens is 694 g/mol. The molecule has 4 nitrogen and oxygen atoms in total. The SMILES string of the molecule is N#C/C(=C/c1cc(Br)c(OCc2ccc(I)cc2)c(Br)c1)C(=O)Nc1cccc(Cl)c1Cl. The molecule has 162 valence electrons. The van der Waals surface area contributed by atoms with Crippen LogP contribution in [0.15, 0.2) is 69.1 Å². The van der Waals surface area contributed by atoms with E-state index < -0.39 is 5.91 Å². The zero-order valence-electron chi connectivity index (χ0n) is 16.1. The van der Waals surface area contributed by atoms with Gasteiger partial charge in [0.05, 0.1) is 24.7 Å². The number of nitrogens with zero attached hydrogens (tertiary/aromatic N) is 1. The quantitative estimate of drug-likeness (QED) is 0.160. The molecule has 0 aromatic heterocycles. The normalized spacial score (nSPS) is 11.1. The van der Waals surface area contributed by atoms with Gasteiger partial charge in [0.25, 0.3) is 5.91 Å². The monoisotopic (exact) mass is 704 g/mol. The third kappa shape index (κ3) is 6.49. The van der Waals surface area contributed by atoms with Crippen LogP contribution in [0.3, 0.4) is 0 Å². The molecule has 0 saturated heterocycles. The summed E-state index contributed by atoms with van der Waals surface area (Å²) in [6.45, 7) is 0.398. The largest absolute Gasteiger partial charge is 0.487 e. The summed E-state index contributed by atoms with van der Waals surface area (Å²) in [7, 11) is 0. The van der Waals surface area contributed by atoms with Gasteiger partial charge in [-0.1, -0.05) is 41.4 Å². The molecule has 1 N–H and O–H groups in total. The molecule has 0 heterocycles. The fraction of sp³-hybridized carbons (Fsp3) is 0.0435. The highest BCUT2D eigenvalue weighted by atomic mass is 127. The lowest BCUT2D eigenvalue weighted by molar-refractivity contribution is -0.112. The van der Waals surface area contributed by atoms with E-state index in [0.717, 1.165) is 9.13 Å². The van der Waals surface area contributed by atoms with Crippen molar-refractivity contribution in [2.45, 2.75) is 6.61 Å². The highest BCUT2D eigenvalue weighted by molar-refractivity contribution is 14.1. The van der Waals surface area contributed by atoms with Crippen LogP contribution in [0, 0.1) is 14.9 Å². The number of carbonyl (C=O) groups is 1. The number of halogens is 5. The molecule has 0 bridgehead atoms. The van der Waals surface area contributed by atoms with Crippen LogP contribution >= 0.6 is 77.7 Å². The Morgan fingerprint density at radius 2 is 1.78 bits per heavy atom. The number of carbonyl (C=O) groups excluding carboxylic acids is 1. The fourth-order valence-electron chi connectivity index (χ4n) is 2.64. The molecule has 0 atom stereocenters. The van der Waals surface area contributed by atoms with E-state index >= 15 is 0 Å². The van der Waals surface area contributed by atoms with E-state index in [1.807, 2.05) is 30.3 Å². The van der Waals surface area contributed by atoms with Crippen LogP contribution < -0.4 is 10.1 Å². The van der Waals surface area contributed by atoms with Gasteiger partial charge in [-0.05, 0) is 108 Å². The molecule has 0 aliphatic heterocycles. The smallest absolute Gasteiger partial charge is 0.266 e. The van der Waals surface area contributed by atoms with Crippen molar-refractivity contribution in [1.82, 2.24) is 0 Å². The first kappa shape index (κ1) is 25.1. The Balaban J connectivity index is 1.78. The Bertz CT molecular complexity index is 1220. The number of hydrogen-bond donors (Lipinski definition) is 1. The van der Waals surface area contributed by atoms with Gasteiger partial charge in [0.1, 0.15) is 24.0 Å². The Hall–Kier alpha value is -1.57. The lowest BCUT2D eigenvalue weighted by atomic mass is 10.1. The third-order valence-electron chi connectivity index (χ3n) is 4.19. The predicted octanol–water partition coefficient (Wildman–Crippen LogP) is 8.25. The molecule has 0 radical (unpaired) electrons. The zero-order chi connectivity index (χ0) is 23.3. The van der Waals surface area contributed by atoms with Gasteiger partial charge >= 0.3 is 0 Å². The van der Waals surface area contributed by atoms with E-state index in [0.29, 0.717) is 37.6 Å². The maximum absolute atomic E-state index is 12.6. The number of amides is 1. The van der Waals surface area contributed by atoms with Crippen molar-refractivity contribution in [3.8, 4) is 11.8 Å². The average Bonchev–Trinajstić information content (AvgIpc) is 2.76. The third-order valence-corrected chi connectivity index (χ3v) is 6.91. The summed E-state index contributed by atoms with van der Waals surface area (Å²) in [5, 5.41) is 12.6. The Kier molecular flexibility index (Phi) is 9.03. The van der Waals surface area contributed by atoms with E-state index in [2.05, 4.69) is 59.8 Å². The maximum atomic E-state index is 12.6. The van der Waals surface area contributed by atoms with Gasteiger partial charge in [0.15, 0.2) is 0 Å². The summed E-state index contributed by atoms with van der Waals surface area (Å²) in [6.07, 6.45) is 1.48. The van der Waals surface area contributed by atoms with E-state index in [1.54, 1.807) is 30.3 Å². The molecule has 0 aliphatic rings. The van der Waals surface area contributed by atoms with Crippen molar-refractivity contribution in [3.63, 3.8) is 0 Å². The van der Waals surface area contributed by atoms with Crippen LogP contribution in [0.2, 0.25) is 10.0 Å². The van der Waals surface area contributed by atoms with Gasteiger partial charge in [-0.25, -0.2) is 0 Å². The summed E-state index contributed by atoms with van der Waals surface area (Å²) in [6, 6.07) is 18.4. The number of hydrogen-bond acceptors (Lipinski definition) is 3. The molecule has 32 heavy (non-hydrogen) atoms. The van der Waals surface area contributed by atoms with Crippen molar-refractivity contribution < 1.29 is 9.53 Å². The summed E-state index contributed by atoms with van der Waals surface area (Å²) in [5.41, 5.74) is 1.91. The summed E-state index contributed by atoms with van der Waals surface area (Å²) in [4.78, 5) is 12.6. The summed E-state index contributed by atoms with van der Waals surface area (Å²) >= 11 is 21.3. The first-order valence-electron chi connectivity index (χ1n) is 9.02. The van der Waals surface area contributed by atoms with Crippen molar-refractivity contribution in [2.24, 2.45) is 0 Å². The van der Waals surface area contributed by atoms with E-state index in [9.17, 15) is 10.1 Å². The standard InChI is InChI=1S/C23H13Br2Cl2IN2O2/c24-17-9-14(10-18(25)22(17)32-12-13-4-6-16(28)7-5-13)8-15(11-29)23(31)30-20-3-1-2-19(26)21(20)27/h1-10H,12H2,(H,30,31)/b15-8-. The molecule has 0 aliphatic carbocycles. The van der Waals surface area contributed by atoms with E-state index in [4.69, 9.17) is 27.9 Å². The molecule has 0 fully saturated rings. The molecule has 3 rings (SSSR count). The lowest BCUT2D eigenvalue weighted by Gasteiger charge is -2.12. The van der Waals surface area contributed by atoms with Crippen molar-refractivity contribution in [1.29, 1.82) is 5.26 Å². The molecule has 0 spiro atoms. The molecule has 3 aromatic carbocycles. The predicted molar refractivity (Wildman–Crippen MR) is 144 cm³/mol. The number of nitrogens with one attached hydrogen (secondary N) is 1. The minimum Gasteiger partial charge on any atom is -0.487 e. The van der Waals surface area contributed by atoms with Crippen molar-refractivity contribution in [3.05, 3.63) is 93.9 Å². The van der Waals surface area contributed by atoms with E-state index in [-0.39, 0.29) is 10.6 Å². The number of benzene rings is 3. The Morgan fingerprint density at radius 1 is 1.12 bits per heavy atom. The lowest BCUT2D eigenvalue weighted by Crippen LogP contribution is -2.13. The van der Waals surface area contributed by atoms with Crippen molar-refractivity contribution >= 4 is 95.3 Å². The second kappa shape index (κ2) is 11.5.